The molecule has 0 bridgehead atoms. The van der Waals surface area contributed by atoms with E-state index in [0.717, 1.165) is 40.2 Å². The highest BCUT2D eigenvalue weighted by Crippen LogP contribution is 2.32. The largest absolute Gasteiger partial charge is 0.497 e. The number of quaternary nitrogens is 1. The van der Waals surface area contributed by atoms with Gasteiger partial charge < -0.3 is 14.4 Å². The van der Waals surface area contributed by atoms with Crippen molar-refractivity contribution in [1.29, 1.82) is 0 Å². The zero-order chi connectivity index (χ0) is 19.8. The highest BCUT2D eigenvalue weighted by molar-refractivity contribution is 7.71. The molecule has 10 heteroatoms. The summed E-state index contributed by atoms with van der Waals surface area (Å²) in [6.07, 6.45) is -2.69. The third-order valence-electron chi connectivity index (χ3n) is 4.94. The van der Waals surface area contributed by atoms with Crippen LogP contribution >= 0.6 is 12.2 Å². The molecule has 27 heavy (non-hydrogen) atoms. The molecule has 3 rings (SSSR count). The fourth-order valence-corrected chi connectivity index (χ4v) is 3.81. The maximum atomic E-state index is 13.1. The summed E-state index contributed by atoms with van der Waals surface area (Å²) in [5, 5.41) is 3.72. The van der Waals surface area contributed by atoms with Crippen LogP contribution in [0.1, 0.15) is 30.3 Å². The van der Waals surface area contributed by atoms with Crippen molar-refractivity contribution >= 4 is 12.2 Å². The normalized spacial score (nSPS) is 20.1. The molecule has 1 fully saturated rings. The van der Waals surface area contributed by atoms with Crippen LogP contribution in [0.5, 0.6) is 11.5 Å². The number of alkyl halides is 3. The fraction of sp³-hybridized carbons (Fsp3) is 0.529. The molecule has 148 valence electrons. The van der Waals surface area contributed by atoms with Crippen molar-refractivity contribution in [2.45, 2.75) is 31.7 Å². The number of halogens is 3. The smallest absolute Gasteiger partial charge is 0.451 e. The van der Waals surface area contributed by atoms with E-state index < -0.39 is 12.0 Å². The predicted molar refractivity (Wildman–Crippen MR) is 94.4 cm³/mol. The number of ether oxygens (including phenoxy) is 2. The van der Waals surface area contributed by atoms with E-state index in [4.69, 9.17) is 21.7 Å². The van der Waals surface area contributed by atoms with Crippen LogP contribution in [0.25, 0.3) is 0 Å². The number of nitrogens with one attached hydrogen (secondary N) is 1. The van der Waals surface area contributed by atoms with E-state index in [9.17, 15) is 13.2 Å². The van der Waals surface area contributed by atoms with E-state index in [1.54, 1.807) is 14.2 Å². The maximum absolute atomic E-state index is 13.1. The molecule has 1 unspecified atom stereocenters. The molecule has 1 aliphatic rings. The minimum absolute atomic E-state index is 0.0538. The molecule has 6 nitrogen and oxygen atoms in total. The lowest BCUT2D eigenvalue weighted by Gasteiger charge is -2.23. The average Bonchev–Trinajstić information content (AvgIpc) is 3.20. The zero-order valence-electron chi connectivity index (χ0n) is 15.3. The maximum Gasteiger partial charge on any atom is 0.451 e. The van der Waals surface area contributed by atoms with Crippen molar-refractivity contribution < 1.29 is 27.5 Å². The summed E-state index contributed by atoms with van der Waals surface area (Å²) < 4.78 is 52.3. The van der Waals surface area contributed by atoms with Gasteiger partial charge in [0.05, 0.1) is 26.3 Å². The van der Waals surface area contributed by atoms with Crippen LogP contribution in [-0.2, 0) is 19.9 Å². The van der Waals surface area contributed by atoms with Gasteiger partial charge in [0.1, 0.15) is 17.5 Å². The Morgan fingerprint density at radius 2 is 2.04 bits per heavy atom. The Balaban J connectivity index is 1.92. The zero-order valence-corrected chi connectivity index (χ0v) is 16.2. The first-order valence-corrected chi connectivity index (χ1v) is 8.94. The molecule has 2 atom stereocenters. The SMILES string of the molecule is COc1ccc(OC)c([C@@H]2CCC[NH+]2Cn2nc(C(F)(F)F)n(C)c2=S)c1. The summed E-state index contributed by atoms with van der Waals surface area (Å²) in [6, 6.07) is 5.65. The lowest BCUT2D eigenvalue weighted by atomic mass is 10.0. The molecule has 1 aliphatic heterocycles. The molecule has 0 spiro atoms. The third kappa shape index (κ3) is 3.81. The van der Waals surface area contributed by atoms with Crippen molar-refractivity contribution in [3.63, 3.8) is 0 Å². The Labute approximate surface area is 160 Å². The molecule has 0 amide bonds. The highest BCUT2D eigenvalue weighted by atomic mass is 32.1. The fourth-order valence-electron chi connectivity index (χ4n) is 3.62. The van der Waals surface area contributed by atoms with Gasteiger partial charge in [-0.25, -0.2) is 0 Å². The molecule has 2 heterocycles. The van der Waals surface area contributed by atoms with E-state index in [-0.39, 0.29) is 17.5 Å². The lowest BCUT2D eigenvalue weighted by molar-refractivity contribution is -0.941. The van der Waals surface area contributed by atoms with Gasteiger partial charge in [-0.2, -0.15) is 17.9 Å². The first-order chi connectivity index (χ1) is 12.8. The molecule has 1 saturated heterocycles. The van der Waals surface area contributed by atoms with Gasteiger partial charge >= 0.3 is 6.18 Å². The van der Waals surface area contributed by atoms with E-state index >= 15 is 0 Å². The van der Waals surface area contributed by atoms with Gasteiger partial charge in [-0.3, -0.25) is 4.57 Å². The number of nitrogens with zero attached hydrogens (tertiary/aromatic N) is 3. The summed E-state index contributed by atoms with van der Waals surface area (Å²) in [7, 11) is 4.48. The van der Waals surface area contributed by atoms with Gasteiger partial charge in [0.15, 0.2) is 6.67 Å². The lowest BCUT2D eigenvalue weighted by Crippen LogP contribution is -3.09. The Morgan fingerprint density at radius 3 is 2.63 bits per heavy atom. The number of hydrogen-bond acceptors (Lipinski definition) is 4. The Morgan fingerprint density at radius 1 is 1.30 bits per heavy atom. The Hall–Kier alpha value is -2.07. The molecular weight excluding hydrogens is 381 g/mol. The van der Waals surface area contributed by atoms with Crippen LogP contribution in [0.3, 0.4) is 0 Å². The molecule has 0 radical (unpaired) electrons. The molecule has 1 aromatic heterocycles. The number of likely N-dealkylation sites (tertiary alicyclic amines) is 1. The van der Waals surface area contributed by atoms with E-state index in [1.807, 2.05) is 18.2 Å². The molecule has 1 N–H and O–H groups in total. The minimum Gasteiger partial charge on any atom is -0.497 e. The first kappa shape index (κ1) is 19.7. The summed E-state index contributed by atoms with van der Waals surface area (Å²) in [4.78, 5) is 1.09. The summed E-state index contributed by atoms with van der Waals surface area (Å²) in [5.74, 6) is 0.466. The molecule has 1 aromatic carbocycles. The van der Waals surface area contributed by atoms with Gasteiger partial charge in [0, 0.05) is 19.9 Å². The molecule has 0 aliphatic carbocycles. The Kier molecular flexibility index (Phi) is 5.48. The van der Waals surface area contributed by atoms with Gasteiger partial charge in [0.25, 0.3) is 0 Å². The van der Waals surface area contributed by atoms with Crippen molar-refractivity contribution in [3.05, 3.63) is 34.4 Å². The van der Waals surface area contributed by atoms with Gasteiger partial charge in [0.2, 0.25) is 10.6 Å². The summed E-state index contributed by atoms with van der Waals surface area (Å²) >= 11 is 5.17. The van der Waals surface area contributed by atoms with Crippen LogP contribution in [0.4, 0.5) is 13.2 Å². The monoisotopic (exact) mass is 403 g/mol. The minimum atomic E-state index is -4.54. The van der Waals surface area contributed by atoms with Crippen LogP contribution in [0.15, 0.2) is 18.2 Å². The number of hydrogen-bond donors (Lipinski definition) is 1. The molecule has 0 saturated carbocycles. The quantitative estimate of drug-likeness (QED) is 0.779. The van der Waals surface area contributed by atoms with Crippen molar-refractivity contribution in [2.75, 3.05) is 20.8 Å². The van der Waals surface area contributed by atoms with E-state index in [2.05, 4.69) is 5.10 Å². The average molecular weight is 403 g/mol. The number of benzene rings is 1. The van der Waals surface area contributed by atoms with Crippen LogP contribution in [-0.4, -0.2) is 35.1 Å². The Bertz CT molecular complexity index is 878. The second-order valence-electron chi connectivity index (χ2n) is 6.53. The van der Waals surface area contributed by atoms with E-state index in [1.165, 1.54) is 11.7 Å². The van der Waals surface area contributed by atoms with E-state index in [0.29, 0.717) is 5.75 Å². The number of rotatable bonds is 5. The number of aromatic nitrogens is 3. The standard InChI is InChI=1S/C17H21F3N4O2S/c1-22-15(17(18,19)20)21-24(16(22)27)10-23-8-4-5-13(23)12-9-11(25-2)6-7-14(12)26-3/h6-7,9,13H,4-5,8,10H2,1-3H3/p+1/t13-/m0/s1. The van der Waals surface area contributed by atoms with Gasteiger partial charge in [-0.05, 0) is 30.4 Å². The molecule has 2 aromatic rings. The third-order valence-corrected chi connectivity index (χ3v) is 5.43. The summed E-state index contributed by atoms with van der Waals surface area (Å²) in [6.45, 7) is 1.07. The predicted octanol–water partition coefficient (Wildman–Crippen LogP) is 2.36. The van der Waals surface area contributed by atoms with Crippen molar-refractivity contribution in [2.24, 2.45) is 7.05 Å². The summed E-state index contributed by atoms with van der Waals surface area (Å²) in [5.41, 5.74) is 0.975. The van der Waals surface area contributed by atoms with Crippen molar-refractivity contribution in [1.82, 2.24) is 14.3 Å². The topological polar surface area (TPSA) is 45.6 Å². The number of methoxy groups -OCH3 is 2. The van der Waals surface area contributed by atoms with Crippen LogP contribution in [0, 0.1) is 4.77 Å². The van der Waals surface area contributed by atoms with Gasteiger partial charge in [-0.15, -0.1) is 5.10 Å². The highest BCUT2D eigenvalue weighted by Gasteiger charge is 2.39. The second kappa shape index (κ2) is 7.51. The van der Waals surface area contributed by atoms with Crippen LogP contribution < -0.4 is 14.4 Å². The van der Waals surface area contributed by atoms with Gasteiger partial charge in [-0.1, -0.05) is 0 Å². The molecular formula is C17H22F3N4O2S+. The van der Waals surface area contributed by atoms with Crippen molar-refractivity contribution in [3.8, 4) is 11.5 Å². The van der Waals surface area contributed by atoms with Crippen LogP contribution in [0.2, 0.25) is 0 Å². The second-order valence-corrected chi connectivity index (χ2v) is 6.90. The first-order valence-electron chi connectivity index (χ1n) is 8.53.